The van der Waals surface area contributed by atoms with E-state index in [1.165, 1.54) is 11.8 Å². The molecule has 2 heterocycles. The lowest BCUT2D eigenvalue weighted by atomic mass is 10.1. The van der Waals surface area contributed by atoms with Crippen LogP contribution in [-0.2, 0) is 0 Å². The summed E-state index contributed by atoms with van der Waals surface area (Å²) in [5.41, 5.74) is 3.10. The third kappa shape index (κ3) is 3.30. The van der Waals surface area contributed by atoms with E-state index in [1.807, 2.05) is 31.4 Å². The molecule has 7 heteroatoms. The fraction of sp³-hybridized carbons (Fsp3) is 0.176. The highest BCUT2D eigenvalue weighted by molar-refractivity contribution is 7.98. The van der Waals surface area contributed by atoms with Crippen LogP contribution in [0.15, 0.2) is 46.1 Å². The molecule has 0 saturated heterocycles. The van der Waals surface area contributed by atoms with Crippen LogP contribution in [0.2, 0.25) is 0 Å². The van der Waals surface area contributed by atoms with Gasteiger partial charge in [0.25, 0.3) is 0 Å². The highest BCUT2D eigenvalue weighted by Gasteiger charge is 2.16. The van der Waals surface area contributed by atoms with Crippen molar-refractivity contribution < 1.29 is 9.32 Å². The Morgan fingerprint density at radius 1 is 1.21 bits per heavy atom. The van der Waals surface area contributed by atoms with Gasteiger partial charge in [0.1, 0.15) is 10.8 Å². The average molecular weight is 340 g/mol. The minimum absolute atomic E-state index is 0.0346. The lowest BCUT2D eigenvalue weighted by Crippen LogP contribution is -1.99. The van der Waals surface area contributed by atoms with Crippen LogP contribution in [0.1, 0.15) is 23.0 Å². The SMILES string of the molecule is CSc1noc(C)c1-c1ccnc(Nc2ccc(C(C)=O)cc2)n1. The quantitative estimate of drug-likeness (QED) is 0.553. The maximum absolute atomic E-state index is 11.3. The molecule has 3 rings (SSSR count). The third-order valence-electron chi connectivity index (χ3n) is 3.48. The summed E-state index contributed by atoms with van der Waals surface area (Å²) in [7, 11) is 0. The fourth-order valence-electron chi connectivity index (χ4n) is 2.26. The van der Waals surface area contributed by atoms with Gasteiger partial charge in [-0.1, -0.05) is 5.16 Å². The second-order valence-electron chi connectivity index (χ2n) is 5.15. The molecular formula is C17H16N4O2S. The second kappa shape index (κ2) is 6.84. The van der Waals surface area contributed by atoms with E-state index in [-0.39, 0.29) is 5.78 Å². The van der Waals surface area contributed by atoms with Crippen molar-refractivity contribution in [3.63, 3.8) is 0 Å². The van der Waals surface area contributed by atoms with Crippen LogP contribution in [0.4, 0.5) is 11.6 Å². The van der Waals surface area contributed by atoms with E-state index in [0.29, 0.717) is 11.5 Å². The van der Waals surface area contributed by atoms with Crippen LogP contribution >= 0.6 is 11.8 Å². The van der Waals surface area contributed by atoms with Gasteiger partial charge in [0.05, 0.1) is 11.3 Å². The lowest BCUT2D eigenvalue weighted by Gasteiger charge is -2.07. The third-order valence-corrected chi connectivity index (χ3v) is 4.15. The highest BCUT2D eigenvalue weighted by Crippen LogP contribution is 2.31. The van der Waals surface area contributed by atoms with Gasteiger partial charge in [-0.3, -0.25) is 4.79 Å². The lowest BCUT2D eigenvalue weighted by molar-refractivity contribution is 0.101. The van der Waals surface area contributed by atoms with Gasteiger partial charge in [-0.2, -0.15) is 0 Å². The molecule has 24 heavy (non-hydrogen) atoms. The molecule has 0 amide bonds. The van der Waals surface area contributed by atoms with Crippen LogP contribution < -0.4 is 5.32 Å². The number of Topliss-reactive ketones (excluding diaryl/α,β-unsaturated/α-hetero) is 1. The molecule has 0 radical (unpaired) electrons. The number of hydrogen-bond acceptors (Lipinski definition) is 7. The zero-order chi connectivity index (χ0) is 17.1. The second-order valence-corrected chi connectivity index (χ2v) is 5.94. The number of ketones is 1. The predicted molar refractivity (Wildman–Crippen MR) is 93.8 cm³/mol. The number of nitrogens with zero attached hydrogens (tertiary/aromatic N) is 3. The number of nitrogens with one attached hydrogen (secondary N) is 1. The normalized spacial score (nSPS) is 10.6. The first-order chi connectivity index (χ1) is 11.6. The van der Waals surface area contributed by atoms with Crippen LogP contribution in [0.25, 0.3) is 11.3 Å². The molecule has 0 aliphatic heterocycles. The topological polar surface area (TPSA) is 80.9 Å². The summed E-state index contributed by atoms with van der Waals surface area (Å²) in [6, 6.07) is 9.01. The van der Waals surface area contributed by atoms with Crippen LogP contribution in [0.5, 0.6) is 0 Å². The van der Waals surface area contributed by atoms with Gasteiger partial charge >= 0.3 is 0 Å². The van der Waals surface area contributed by atoms with Gasteiger partial charge in [-0.15, -0.1) is 11.8 Å². The molecule has 1 N–H and O–H groups in total. The number of aryl methyl sites for hydroxylation is 1. The average Bonchev–Trinajstić information content (AvgIpc) is 2.96. The van der Waals surface area contributed by atoms with Crippen LogP contribution in [-0.4, -0.2) is 27.2 Å². The molecule has 6 nitrogen and oxygen atoms in total. The molecule has 2 aromatic heterocycles. The Hall–Kier alpha value is -2.67. The summed E-state index contributed by atoms with van der Waals surface area (Å²) in [6.45, 7) is 3.40. The highest BCUT2D eigenvalue weighted by atomic mass is 32.2. The molecule has 3 aromatic rings. The summed E-state index contributed by atoms with van der Waals surface area (Å²) in [6.07, 6.45) is 3.63. The molecule has 0 aliphatic carbocycles. The Labute approximate surface area is 143 Å². The Balaban J connectivity index is 1.88. The van der Waals surface area contributed by atoms with Crippen molar-refractivity contribution in [3.05, 3.63) is 47.9 Å². The summed E-state index contributed by atoms with van der Waals surface area (Å²) < 4.78 is 5.25. The van der Waals surface area contributed by atoms with Gasteiger partial charge in [0.15, 0.2) is 5.78 Å². The number of rotatable bonds is 5. The maximum Gasteiger partial charge on any atom is 0.227 e. The first-order valence-electron chi connectivity index (χ1n) is 7.30. The first kappa shape index (κ1) is 16.2. The molecule has 0 fully saturated rings. The van der Waals surface area contributed by atoms with Gasteiger partial charge in [-0.05, 0) is 50.4 Å². The number of hydrogen-bond donors (Lipinski definition) is 1. The molecule has 0 aliphatic rings. The molecule has 1 aromatic carbocycles. The van der Waals surface area contributed by atoms with E-state index in [0.717, 1.165) is 27.7 Å². The standard InChI is InChI=1S/C17H16N4O2S/c1-10(22)12-4-6-13(7-5-12)19-17-18-9-8-14(20-17)15-11(2)23-21-16(15)24-3/h4-9H,1-3H3,(H,18,19,20). The van der Waals surface area contributed by atoms with E-state index in [9.17, 15) is 4.79 Å². The molecule has 0 bridgehead atoms. The zero-order valence-corrected chi connectivity index (χ0v) is 14.3. The van der Waals surface area contributed by atoms with Crippen molar-refractivity contribution in [2.75, 3.05) is 11.6 Å². The predicted octanol–water partition coefficient (Wildman–Crippen LogP) is 4.11. The Kier molecular flexibility index (Phi) is 4.61. The van der Waals surface area contributed by atoms with Crippen molar-refractivity contribution in [1.82, 2.24) is 15.1 Å². The number of anilines is 2. The number of carbonyl (C=O) groups excluding carboxylic acids is 1. The van der Waals surface area contributed by atoms with Gasteiger partial charge in [-0.25, -0.2) is 9.97 Å². The largest absolute Gasteiger partial charge is 0.360 e. The number of carbonyl (C=O) groups is 1. The molecule has 0 atom stereocenters. The number of benzene rings is 1. The van der Waals surface area contributed by atoms with E-state index in [1.54, 1.807) is 25.3 Å². The molecule has 0 spiro atoms. The summed E-state index contributed by atoms with van der Waals surface area (Å²) in [5, 5.41) is 7.96. The van der Waals surface area contributed by atoms with E-state index < -0.39 is 0 Å². The van der Waals surface area contributed by atoms with Crippen molar-refractivity contribution in [2.24, 2.45) is 0 Å². The minimum Gasteiger partial charge on any atom is -0.360 e. The van der Waals surface area contributed by atoms with E-state index in [4.69, 9.17) is 4.52 Å². The number of thioether (sulfide) groups is 1. The zero-order valence-electron chi connectivity index (χ0n) is 13.5. The van der Waals surface area contributed by atoms with Crippen LogP contribution in [0.3, 0.4) is 0 Å². The maximum atomic E-state index is 11.3. The van der Waals surface area contributed by atoms with Gasteiger partial charge < -0.3 is 9.84 Å². The minimum atomic E-state index is 0.0346. The van der Waals surface area contributed by atoms with E-state index in [2.05, 4.69) is 20.4 Å². The summed E-state index contributed by atoms with van der Waals surface area (Å²) in [5.74, 6) is 1.22. The Bertz CT molecular complexity index is 875. The molecule has 122 valence electrons. The summed E-state index contributed by atoms with van der Waals surface area (Å²) in [4.78, 5) is 20.1. The van der Waals surface area contributed by atoms with E-state index >= 15 is 0 Å². The van der Waals surface area contributed by atoms with Crippen molar-refractivity contribution in [2.45, 2.75) is 18.9 Å². The Morgan fingerprint density at radius 3 is 2.62 bits per heavy atom. The molecule has 0 unspecified atom stereocenters. The van der Waals surface area contributed by atoms with Crippen molar-refractivity contribution in [3.8, 4) is 11.3 Å². The first-order valence-corrected chi connectivity index (χ1v) is 8.52. The Morgan fingerprint density at radius 2 is 1.96 bits per heavy atom. The van der Waals surface area contributed by atoms with Crippen molar-refractivity contribution >= 4 is 29.2 Å². The smallest absolute Gasteiger partial charge is 0.227 e. The fourth-order valence-corrected chi connectivity index (χ4v) is 2.82. The molecule has 0 saturated carbocycles. The van der Waals surface area contributed by atoms with Gasteiger partial charge in [0.2, 0.25) is 5.95 Å². The number of aromatic nitrogens is 3. The van der Waals surface area contributed by atoms with Gasteiger partial charge in [0, 0.05) is 17.4 Å². The van der Waals surface area contributed by atoms with Crippen LogP contribution in [0, 0.1) is 6.92 Å². The summed E-state index contributed by atoms with van der Waals surface area (Å²) >= 11 is 1.51. The van der Waals surface area contributed by atoms with Crippen molar-refractivity contribution in [1.29, 1.82) is 0 Å². The monoisotopic (exact) mass is 340 g/mol. The molecular weight excluding hydrogens is 324 g/mol.